The Morgan fingerprint density at radius 3 is 2.63 bits per heavy atom. The SMILES string of the molecule is COc1ccc(C=CC(=O)N2CCc3sccc3C2c2ccccc2)cc1. The van der Waals surface area contributed by atoms with Gasteiger partial charge in [-0.2, -0.15) is 0 Å². The first-order valence-corrected chi connectivity index (χ1v) is 9.88. The molecule has 0 spiro atoms. The molecule has 136 valence electrons. The van der Waals surface area contributed by atoms with Crippen molar-refractivity contribution in [2.45, 2.75) is 12.5 Å². The van der Waals surface area contributed by atoms with Gasteiger partial charge in [-0.1, -0.05) is 42.5 Å². The first-order valence-electron chi connectivity index (χ1n) is 9.00. The summed E-state index contributed by atoms with van der Waals surface area (Å²) < 4.78 is 5.18. The molecule has 2 heterocycles. The molecule has 0 saturated carbocycles. The predicted octanol–water partition coefficient (Wildman–Crippen LogP) is 4.94. The lowest BCUT2D eigenvalue weighted by molar-refractivity contribution is -0.127. The van der Waals surface area contributed by atoms with E-state index in [1.54, 1.807) is 24.5 Å². The molecule has 1 atom stereocenters. The van der Waals surface area contributed by atoms with E-state index in [2.05, 4.69) is 23.6 Å². The molecule has 1 aliphatic rings. The zero-order chi connectivity index (χ0) is 18.6. The van der Waals surface area contributed by atoms with Crippen LogP contribution < -0.4 is 4.74 Å². The van der Waals surface area contributed by atoms with Crippen LogP contribution in [0, 0.1) is 0 Å². The number of benzene rings is 2. The number of methoxy groups -OCH3 is 1. The van der Waals surface area contributed by atoms with Crippen molar-refractivity contribution in [1.82, 2.24) is 4.90 Å². The summed E-state index contributed by atoms with van der Waals surface area (Å²) in [7, 11) is 1.65. The van der Waals surface area contributed by atoms with Gasteiger partial charge >= 0.3 is 0 Å². The number of carbonyl (C=O) groups is 1. The van der Waals surface area contributed by atoms with Gasteiger partial charge in [-0.25, -0.2) is 0 Å². The molecule has 0 aliphatic carbocycles. The minimum Gasteiger partial charge on any atom is -0.497 e. The monoisotopic (exact) mass is 375 g/mol. The number of hydrogen-bond acceptors (Lipinski definition) is 3. The topological polar surface area (TPSA) is 29.5 Å². The molecule has 3 aromatic rings. The first kappa shape index (κ1) is 17.6. The second-order valence-electron chi connectivity index (χ2n) is 6.50. The molecular formula is C23H21NO2S. The van der Waals surface area contributed by atoms with Crippen molar-refractivity contribution >= 4 is 23.3 Å². The van der Waals surface area contributed by atoms with E-state index in [4.69, 9.17) is 4.74 Å². The van der Waals surface area contributed by atoms with E-state index in [0.717, 1.165) is 29.8 Å². The third-order valence-corrected chi connectivity index (χ3v) is 5.89. The molecule has 2 aromatic carbocycles. The van der Waals surface area contributed by atoms with E-state index in [0.29, 0.717) is 0 Å². The van der Waals surface area contributed by atoms with Gasteiger partial charge in [0.2, 0.25) is 5.91 Å². The number of rotatable bonds is 4. The van der Waals surface area contributed by atoms with Gasteiger partial charge in [-0.15, -0.1) is 11.3 Å². The molecule has 1 unspecified atom stereocenters. The van der Waals surface area contributed by atoms with Crippen molar-refractivity contribution in [3.63, 3.8) is 0 Å². The molecule has 0 radical (unpaired) electrons. The fraction of sp³-hybridized carbons (Fsp3) is 0.174. The highest BCUT2D eigenvalue weighted by Crippen LogP contribution is 2.37. The van der Waals surface area contributed by atoms with Crippen LogP contribution in [-0.2, 0) is 11.2 Å². The molecule has 0 N–H and O–H groups in total. The Kier molecular flexibility index (Phi) is 5.07. The Hall–Kier alpha value is -2.85. The number of ether oxygens (including phenoxy) is 1. The molecule has 0 fully saturated rings. The average Bonchev–Trinajstić information content (AvgIpc) is 3.21. The van der Waals surface area contributed by atoms with Gasteiger partial charge in [0, 0.05) is 17.5 Å². The molecular weight excluding hydrogens is 354 g/mol. The standard InChI is InChI=1S/C23H21NO2S/c1-26-19-10-7-17(8-11-19)9-12-22(25)24-15-13-21-20(14-16-27-21)23(24)18-5-3-2-4-6-18/h2-12,14,16,23H,13,15H2,1H3. The largest absolute Gasteiger partial charge is 0.497 e. The Balaban J connectivity index is 1.60. The number of carbonyl (C=O) groups excluding carboxylic acids is 1. The van der Waals surface area contributed by atoms with Gasteiger partial charge in [0.25, 0.3) is 0 Å². The van der Waals surface area contributed by atoms with Gasteiger partial charge in [0.05, 0.1) is 13.2 Å². The van der Waals surface area contributed by atoms with Crippen molar-refractivity contribution in [2.75, 3.05) is 13.7 Å². The number of thiophene rings is 1. The average molecular weight is 375 g/mol. The molecule has 1 amide bonds. The quantitative estimate of drug-likeness (QED) is 0.604. The van der Waals surface area contributed by atoms with Crippen molar-refractivity contribution in [1.29, 1.82) is 0 Å². The molecule has 0 bridgehead atoms. The summed E-state index contributed by atoms with van der Waals surface area (Å²) in [6, 6.07) is 20.1. The zero-order valence-corrected chi connectivity index (χ0v) is 16.0. The van der Waals surface area contributed by atoms with E-state index in [1.165, 1.54) is 10.4 Å². The molecule has 1 aromatic heterocycles. The molecule has 3 nitrogen and oxygen atoms in total. The smallest absolute Gasteiger partial charge is 0.247 e. The van der Waals surface area contributed by atoms with E-state index in [-0.39, 0.29) is 11.9 Å². The summed E-state index contributed by atoms with van der Waals surface area (Å²) in [5.74, 6) is 0.847. The van der Waals surface area contributed by atoms with Crippen LogP contribution >= 0.6 is 11.3 Å². The van der Waals surface area contributed by atoms with Crippen LogP contribution in [0.1, 0.15) is 27.6 Å². The highest BCUT2D eigenvalue weighted by molar-refractivity contribution is 7.10. The third kappa shape index (κ3) is 3.67. The second-order valence-corrected chi connectivity index (χ2v) is 7.50. The number of hydrogen-bond donors (Lipinski definition) is 0. The number of amides is 1. The Bertz CT molecular complexity index is 944. The van der Waals surface area contributed by atoms with Crippen LogP contribution in [0.15, 0.2) is 72.1 Å². The molecule has 4 rings (SSSR count). The molecule has 27 heavy (non-hydrogen) atoms. The van der Waals surface area contributed by atoms with Crippen LogP contribution in [0.4, 0.5) is 0 Å². The highest BCUT2D eigenvalue weighted by Gasteiger charge is 2.31. The van der Waals surface area contributed by atoms with Crippen LogP contribution in [0.3, 0.4) is 0 Å². The van der Waals surface area contributed by atoms with Gasteiger partial charge < -0.3 is 9.64 Å². The van der Waals surface area contributed by atoms with E-state index < -0.39 is 0 Å². The maximum Gasteiger partial charge on any atom is 0.247 e. The normalized spacial score (nSPS) is 16.3. The Morgan fingerprint density at radius 2 is 1.89 bits per heavy atom. The number of fused-ring (bicyclic) bond motifs is 1. The van der Waals surface area contributed by atoms with Crippen molar-refractivity contribution < 1.29 is 9.53 Å². The van der Waals surface area contributed by atoms with Gasteiger partial charge in [0.15, 0.2) is 0 Å². The summed E-state index contributed by atoms with van der Waals surface area (Å²) in [5.41, 5.74) is 3.39. The van der Waals surface area contributed by atoms with E-state index in [1.807, 2.05) is 53.4 Å². The Morgan fingerprint density at radius 1 is 1.11 bits per heavy atom. The summed E-state index contributed by atoms with van der Waals surface area (Å²) in [6.45, 7) is 0.735. The summed E-state index contributed by atoms with van der Waals surface area (Å²) in [4.78, 5) is 16.4. The Labute approximate surface area is 163 Å². The van der Waals surface area contributed by atoms with Crippen LogP contribution in [0.25, 0.3) is 6.08 Å². The van der Waals surface area contributed by atoms with E-state index >= 15 is 0 Å². The van der Waals surface area contributed by atoms with Crippen molar-refractivity contribution in [3.8, 4) is 5.75 Å². The molecule has 1 aliphatic heterocycles. The van der Waals surface area contributed by atoms with Crippen LogP contribution in [0.5, 0.6) is 5.75 Å². The summed E-state index contributed by atoms with van der Waals surface area (Å²) in [5, 5.41) is 2.13. The van der Waals surface area contributed by atoms with Gasteiger partial charge in [-0.05, 0) is 52.8 Å². The maximum atomic E-state index is 13.0. The van der Waals surface area contributed by atoms with Crippen LogP contribution in [-0.4, -0.2) is 24.5 Å². The van der Waals surface area contributed by atoms with Gasteiger partial charge in [0.1, 0.15) is 5.75 Å². The fourth-order valence-electron chi connectivity index (χ4n) is 3.53. The zero-order valence-electron chi connectivity index (χ0n) is 15.2. The van der Waals surface area contributed by atoms with Gasteiger partial charge in [-0.3, -0.25) is 4.79 Å². The summed E-state index contributed by atoms with van der Waals surface area (Å²) >= 11 is 1.78. The lowest BCUT2D eigenvalue weighted by Crippen LogP contribution is -2.39. The minimum atomic E-state index is -0.0192. The fourth-order valence-corrected chi connectivity index (χ4v) is 4.43. The van der Waals surface area contributed by atoms with Crippen molar-refractivity contribution in [2.24, 2.45) is 0 Å². The molecule has 4 heteroatoms. The number of nitrogens with zero attached hydrogens (tertiary/aromatic N) is 1. The molecule has 0 saturated heterocycles. The maximum absolute atomic E-state index is 13.0. The lowest BCUT2D eigenvalue weighted by Gasteiger charge is -2.35. The minimum absolute atomic E-state index is 0.0192. The second kappa shape index (κ2) is 7.80. The first-order chi connectivity index (χ1) is 13.3. The van der Waals surface area contributed by atoms with Crippen LogP contribution in [0.2, 0.25) is 0 Å². The lowest BCUT2D eigenvalue weighted by atomic mass is 9.93. The third-order valence-electron chi connectivity index (χ3n) is 4.90. The van der Waals surface area contributed by atoms with E-state index in [9.17, 15) is 4.79 Å². The highest BCUT2D eigenvalue weighted by atomic mass is 32.1. The summed E-state index contributed by atoms with van der Waals surface area (Å²) in [6.07, 6.45) is 4.46. The predicted molar refractivity (Wildman–Crippen MR) is 110 cm³/mol. The van der Waals surface area contributed by atoms with Crippen molar-refractivity contribution in [3.05, 3.63) is 93.7 Å².